The largest absolute Gasteiger partial charge is 0.375 e. The van der Waals surface area contributed by atoms with Gasteiger partial charge in [0.25, 0.3) is 0 Å². The lowest BCUT2D eigenvalue weighted by atomic mass is 10.2. The molecule has 7 nitrogen and oxygen atoms in total. The molecule has 0 spiro atoms. The van der Waals surface area contributed by atoms with Crippen LogP contribution in [0.25, 0.3) is 0 Å². The summed E-state index contributed by atoms with van der Waals surface area (Å²) < 4.78 is 5.79. The number of carbonyl (C=O) groups is 1. The number of ether oxygens (including phenoxy) is 1. The van der Waals surface area contributed by atoms with Gasteiger partial charge in [-0.15, -0.1) is 0 Å². The van der Waals surface area contributed by atoms with Crippen LogP contribution >= 0.6 is 0 Å². The van der Waals surface area contributed by atoms with Crippen molar-refractivity contribution in [2.45, 2.75) is 19.1 Å². The Bertz CT molecular complexity index is 617. The Morgan fingerprint density at radius 2 is 2.25 bits per heavy atom. The molecule has 0 radical (unpaired) electrons. The van der Waals surface area contributed by atoms with Crippen LogP contribution in [-0.4, -0.2) is 53.2 Å². The van der Waals surface area contributed by atoms with Crippen molar-refractivity contribution in [1.82, 2.24) is 20.2 Å². The molecule has 2 aromatic rings. The summed E-state index contributed by atoms with van der Waals surface area (Å²) >= 11 is 0. The highest BCUT2D eigenvalue weighted by Crippen LogP contribution is 2.11. The maximum Gasteiger partial charge on any atom is 0.319 e. The van der Waals surface area contributed by atoms with E-state index in [1.165, 1.54) is 0 Å². The fraction of sp³-hybridized carbons (Fsp3) is 0.412. The van der Waals surface area contributed by atoms with Crippen molar-refractivity contribution >= 4 is 11.7 Å². The molecule has 0 unspecified atom stereocenters. The monoisotopic (exact) mass is 329 g/mol. The van der Waals surface area contributed by atoms with Crippen molar-refractivity contribution < 1.29 is 9.53 Å². The second kappa shape index (κ2) is 8.47. The Hall–Kier alpha value is -2.38. The van der Waals surface area contributed by atoms with Gasteiger partial charge in [-0.25, -0.2) is 9.78 Å². The molecule has 7 heteroatoms. The van der Waals surface area contributed by atoms with Crippen LogP contribution in [0, 0.1) is 0 Å². The first-order valence-electron chi connectivity index (χ1n) is 8.21. The predicted molar refractivity (Wildman–Crippen MR) is 91.7 cm³/mol. The minimum absolute atomic E-state index is 0.138. The lowest BCUT2D eigenvalue weighted by Gasteiger charge is -2.32. The number of anilines is 1. The molecule has 128 valence electrons. The highest BCUT2D eigenvalue weighted by molar-refractivity contribution is 5.89. The standard InChI is InChI=1S/C17H23N5O2/c23-17(21-14-4-2-1-3-5-14)19-7-6-16-12-22(8-9-24-16)11-15-10-18-13-20-15/h1-5,10,13,16H,6-9,11-12H2,(H,18,20)(H2,19,21,23)/t16-/m0/s1. The molecule has 0 bridgehead atoms. The summed E-state index contributed by atoms with van der Waals surface area (Å²) in [7, 11) is 0. The number of nitrogens with zero attached hydrogens (tertiary/aromatic N) is 2. The average molecular weight is 329 g/mol. The molecule has 1 saturated heterocycles. The van der Waals surface area contributed by atoms with Crippen LogP contribution in [0.4, 0.5) is 10.5 Å². The van der Waals surface area contributed by atoms with Crippen LogP contribution in [0.1, 0.15) is 12.1 Å². The first-order valence-corrected chi connectivity index (χ1v) is 8.21. The van der Waals surface area contributed by atoms with E-state index in [1.807, 2.05) is 36.5 Å². The number of para-hydroxylation sites is 1. The number of nitrogens with one attached hydrogen (secondary N) is 3. The minimum atomic E-state index is -0.189. The molecule has 1 atom stereocenters. The molecule has 0 saturated carbocycles. The fourth-order valence-corrected chi connectivity index (χ4v) is 2.75. The summed E-state index contributed by atoms with van der Waals surface area (Å²) in [6.45, 7) is 3.93. The summed E-state index contributed by atoms with van der Waals surface area (Å²) in [5.74, 6) is 0. The normalized spacial score (nSPS) is 18.2. The van der Waals surface area contributed by atoms with Crippen LogP contribution in [0.15, 0.2) is 42.9 Å². The molecule has 1 aromatic carbocycles. The maximum absolute atomic E-state index is 11.8. The zero-order chi connectivity index (χ0) is 16.6. The predicted octanol–water partition coefficient (Wildman–Crippen LogP) is 1.82. The van der Waals surface area contributed by atoms with Crippen LogP contribution in [-0.2, 0) is 11.3 Å². The summed E-state index contributed by atoms with van der Waals surface area (Å²) in [4.78, 5) is 21.3. The van der Waals surface area contributed by atoms with Gasteiger partial charge in [-0.3, -0.25) is 4.90 Å². The number of hydrogen-bond donors (Lipinski definition) is 3. The SMILES string of the molecule is O=C(NCC[C@H]1CN(Cc2cnc[nH]2)CCO1)Nc1ccccc1. The lowest BCUT2D eigenvalue weighted by molar-refractivity contribution is -0.0343. The number of aromatic amines is 1. The lowest BCUT2D eigenvalue weighted by Crippen LogP contribution is -2.43. The van der Waals surface area contributed by atoms with Gasteiger partial charge >= 0.3 is 6.03 Å². The molecular weight excluding hydrogens is 306 g/mol. The van der Waals surface area contributed by atoms with Crippen molar-refractivity contribution in [2.24, 2.45) is 0 Å². The summed E-state index contributed by atoms with van der Waals surface area (Å²) in [6, 6.07) is 9.22. The summed E-state index contributed by atoms with van der Waals surface area (Å²) in [5.41, 5.74) is 1.89. The van der Waals surface area contributed by atoms with Gasteiger partial charge in [0.15, 0.2) is 0 Å². The van der Waals surface area contributed by atoms with Crippen molar-refractivity contribution in [3.05, 3.63) is 48.5 Å². The van der Waals surface area contributed by atoms with Crippen molar-refractivity contribution in [1.29, 1.82) is 0 Å². The Balaban J connectivity index is 1.36. The van der Waals surface area contributed by atoms with E-state index >= 15 is 0 Å². The number of hydrogen-bond acceptors (Lipinski definition) is 4. The first kappa shape index (κ1) is 16.5. The van der Waals surface area contributed by atoms with Crippen molar-refractivity contribution in [3.63, 3.8) is 0 Å². The van der Waals surface area contributed by atoms with E-state index in [2.05, 4.69) is 25.5 Å². The van der Waals surface area contributed by atoms with Gasteiger partial charge < -0.3 is 20.4 Å². The van der Waals surface area contributed by atoms with E-state index in [0.29, 0.717) is 6.54 Å². The van der Waals surface area contributed by atoms with Crippen LogP contribution in [0.5, 0.6) is 0 Å². The number of carbonyl (C=O) groups excluding carboxylic acids is 1. The minimum Gasteiger partial charge on any atom is -0.375 e. The topological polar surface area (TPSA) is 82.3 Å². The number of morpholine rings is 1. The zero-order valence-electron chi connectivity index (χ0n) is 13.6. The number of benzene rings is 1. The van der Waals surface area contributed by atoms with E-state index in [1.54, 1.807) is 6.33 Å². The van der Waals surface area contributed by atoms with Gasteiger partial charge in [-0.05, 0) is 18.6 Å². The third-order valence-corrected chi connectivity index (χ3v) is 3.96. The Morgan fingerprint density at radius 1 is 1.38 bits per heavy atom. The number of amides is 2. The quantitative estimate of drug-likeness (QED) is 0.755. The van der Waals surface area contributed by atoms with Gasteiger partial charge in [0.1, 0.15) is 0 Å². The molecule has 2 amide bonds. The molecule has 3 N–H and O–H groups in total. The summed E-state index contributed by atoms with van der Waals surface area (Å²) in [6.07, 6.45) is 4.48. The van der Waals surface area contributed by atoms with Gasteiger partial charge in [0.2, 0.25) is 0 Å². The van der Waals surface area contributed by atoms with Crippen LogP contribution in [0.2, 0.25) is 0 Å². The smallest absolute Gasteiger partial charge is 0.319 e. The Labute approximate surface area is 141 Å². The third-order valence-electron chi connectivity index (χ3n) is 3.96. The molecule has 2 heterocycles. The number of imidazole rings is 1. The van der Waals surface area contributed by atoms with Crippen molar-refractivity contribution in [3.8, 4) is 0 Å². The second-order valence-corrected chi connectivity index (χ2v) is 5.84. The molecule has 1 aliphatic rings. The summed E-state index contributed by atoms with van der Waals surface area (Å²) in [5, 5.41) is 5.68. The van der Waals surface area contributed by atoms with Crippen molar-refractivity contribution in [2.75, 3.05) is 31.6 Å². The van der Waals surface area contributed by atoms with E-state index in [4.69, 9.17) is 4.74 Å². The molecule has 1 aliphatic heterocycles. The second-order valence-electron chi connectivity index (χ2n) is 5.84. The van der Waals surface area contributed by atoms with E-state index in [-0.39, 0.29) is 12.1 Å². The molecule has 0 aliphatic carbocycles. The zero-order valence-corrected chi connectivity index (χ0v) is 13.6. The molecule has 24 heavy (non-hydrogen) atoms. The number of rotatable bonds is 6. The average Bonchev–Trinajstić information content (AvgIpc) is 3.09. The van der Waals surface area contributed by atoms with Gasteiger partial charge in [-0.2, -0.15) is 0 Å². The highest BCUT2D eigenvalue weighted by Gasteiger charge is 2.20. The third kappa shape index (κ3) is 5.07. The number of urea groups is 1. The van der Waals surface area contributed by atoms with Crippen LogP contribution < -0.4 is 10.6 Å². The van der Waals surface area contributed by atoms with Gasteiger partial charge in [-0.1, -0.05) is 18.2 Å². The number of H-pyrrole nitrogens is 1. The molecule has 1 fully saturated rings. The van der Waals surface area contributed by atoms with E-state index in [9.17, 15) is 4.79 Å². The Morgan fingerprint density at radius 3 is 3.04 bits per heavy atom. The maximum atomic E-state index is 11.8. The van der Waals surface area contributed by atoms with E-state index in [0.717, 1.165) is 44.0 Å². The van der Waals surface area contributed by atoms with Crippen LogP contribution in [0.3, 0.4) is 0 Å². The molecule has 1 aromatic heterocycles. The van der Waals surface area contributed by atoms with Gasteiger partial charge in [0.05, 0.1) is 19.0 Å². The highest BCUT2D eigenvalue weighted by atomic mass is 16.5. The van der Waals surface area contributed by atoms with E-state index < -0.39 is 0 Å². The first-order chi connectivity index (χ1) is 11.8. The molecule has 3 rings (SSSR count). The fourth-order valence-electron chi connectivity index (χ4n) is 2.75. The Kier molecular flexibility index (Phi) is 5.81. The van der Waals surface area contributed by atoms with Gasteiger partial charge in [0, 0.05) is 43.8 Å². The molecular formula is C17H23N5O2. The number of aromatic nitrogens is 2.